The van der Waals surface area contributed by atoms with Crippen LogP contribution in [-0.2, 0) is 17.9 Å². The highest BCUT2D eigenvalue weighted by Gasteiger charge is 2.43. The molecule has 0 saturated carbocycles. The van der Waals surface area contributed by atoms with Crippen LogP contribution < -0.4 is 10.1 Å². The third kappa shape index (κ3) is 6.72. The smallest absolute Gasteiger partial charge is 0.254 e. The quantitative estimate of drug-likeness (QED) is 0.466. The van der Waals surface area contributed by atoms with Crippen LogP contribution in [0.25, 0.3) is 0 Å². The first-order valence-corrected chi connectivity index (χ1v) is 14.3. The van der Waals surface area contributed by atoms with Gasteiger partial charge in [-0.3, -0.25) is 14.5 Å². The van der Waals surface area contributed by atoms with E-state index in [9.17, 15) is 9.59 Å². The van der Waals surface area contributed by atoms with Gasteiger partial charge in [-0.2, -0.15) is 0 Å². The minimum absolute atomic E-state index is 0.0276. The summed E-state index contributed by atoms with van der Waals surface area (Å²) in [6.45, 7) is 7.02. The Labute approximate surface area is 237 Å². The van der Waals surface area contributed by atoms with Crippen molar-refractivity contribution in [3.63, 3.8) is 0 Å². The summed E-state index contributed by atoms with van der Waals surface area (Å²) in [6.07, 6.45) is 1.53. The fraction of sp³-hybridized carbons (Fsp3) is 0.394. The number of hydrogen-bond acceptors (Lipinski definition) is 5. The van der Waals surface area contributed by atoms with Crippen molar-refractivity contribution in [2.45, 2.75) is 44.9 Å². The number of benzene rings is 3. The number of carbonyl (C=O) groups is 2. The largest absolute Gasteiger partial charge is 0.497 e. The van der Waals surface area contributed by atoms with E-state index in [-0.39, 0.29) is 17.9 Å². The number of hydrogen-bond donors (Lipinski definition) is 1. The lowest BCUT2D eigenvalue weighted by molar-refractivity contribution is -0.135. The van der Waals surface area contributed by atoms with Gasteiger partial charge in [0.25, 0.3) is 5.91 Å². The molecule has 7 nitrogen and oxygen atoms in total. The van der Waals surface area contributed by atoms with E-state index in [4.69, 9.17) is 4.74 Å². The molecule has 2 heterocycles. The van der Waals surface area contributed by atoms with E-state index in [1.807, 2.05) is 59.2 Å². The van der Waals surface area contributed by atoms with E-state index in [0.717, 1.165) is 49.5 Å². The highest BCUT2D eigenvalue weighted by atomic mass is 16.5. The standard InChI is InChI=1S/C33H40N4O3/c1-25-12-14-28(15-13-25)32(38)37-24-29(21-31(37)33(39)35-18-7-16-34-17-19-35)36(22-26-8-4-3-5-9-26)23-27-10-6-11-30(20-27)40-2/h3-6,8-15,20,29,31,34H,7,16-19,21-24H2,1-2H3. The molecule has 210 valence electrons. The van der Waals surface area contributed by atoms with E-state index < -0.39 is 6.04 Å². The highest BCUT2D eigenvalue weighted by molar-refractivity contribution is 5.98. The van der Waals surface area contributed by atoms with Crippen molar-refractivity contribution in [3.8, 4) is 5.75 Å². The predicted molar refractivity (Wildman–Crippen MR) is 157 cm³/mol. The zero-order valence-corrected chi connectivity index (χ0v) is 23.6. The van der Waals surface area contributed by atoms with Crippen molar-refractivity contribution in [1.29, 1.82) is 0 Å². The first-order valence-electron chi connectivity index (χ1n) is 14.3. The number of amides is 2. The molecule has 0 radical (unpaired) electrons. The average Bonchev–Trinajstić information content (AvgIpc) is 3.25. The molecular weight excluding hydrogens is 500 g/mol. The SMILES string of the molecule is COc1cccc(CN(Cc2ccccc2)C2CC(C(=O)N3CCCNCC3)N(C(=O)c3ccc(C)cc3)C2)c1. The molecule has 0 aliphatic carbocycles. The fourth-order valence-corrected chi connectivity index (χ4v) is 5.81. The van der Waals surface area contributed by atoms with Crippen molar-refractivity contribution in [1.82, 2.24) is 20.0 Å². The van der Waals surface area contributed by atoms with Gasteiger partial charge in [-0.25, -0.2) is 0 Å². The Morgan fingerprint density at radius 1 is 0.925 bits per heavy atom. The number of aryl methyl sites for hydroxylation is 1. The zero-order chi connectivity index (χ0) is 27.9. The summed E-state index contributed by atoms with van der Waals surface area (Å²) in [5.41, 5.74) is 4.08. The van der Waals surface area contributed by atoms with Crippen molar-refractivity contribution in [2.75, 3.05) is 39.8 Å². The van der Waals surface area contributed by atoms with Gasteiger partial charge < -0.3 is 19.9 Å². The van der Waals surface area contributed by atoms with Crippen molar-refractivity contribution in [3.05, 3.63) is 101 Å². The van der Waals surface area contributed by atoms with Crippen LogP contribution in [-0.4, -0.2) is 78.4 Å². The fourth-order valence-electron chi connectivity index (χ4n) is 5.81. The second-order valence-electron chi connectivity index (χ2n) is 10.9. The number of methoxy groups -OCH3 is 1. The molecule has 0 bridgehead atoms. The molecule has 1 N–H and O–H groups in total. The molecule has 5 rings (SSSR count). The third-order valence-electron chi connectivity index (χ3n) is 8.04. The van der Waals surface area contributed by atoms with Crippen LogP contribution >= 0.6 is 0 Å². The maximum absolute atomic E-state index is 14.0. The van der Waals surface area contributed by atoms with Crippen molar-refractivity contribution in [2.24, 2.45) is 0 Å². The molecule has 2 aliphatic rings. The molecule has 2 aliphatic heterocycles. The summed E-state index contributed by atoms with van der Waals surface area (Å²) in [5, 5.41) is 3.39. The molecular formula is C33H40N4O3. The van der Waals surface area contributed by atoms with Crippen LogP contribution in [0.5, 0.6) is 5.75 Å². The molecule has 3 aromatic carbocycles. The molecule has 2 saturated heterocycles. The average molecular weight is 541 g/mol. The maximum atomic E-state index is 14.0. The van der Waals surface area contributed by atoms with Gasteiger partial charge in [0.1, 0.15) is 11.8 Å². The summed E-state index contributed by atoms with van der Waals surface area (Å²) in [6, 6.07) is 25.8. The first kappa shape index (κ1) is 27.9. The number of likely N-dealkylation sites (tertiary alicyclic amines) is 1. The second kappa shape index (κ2) is 13.1. The van der Waals surface area contributed by atoms with Crippen LogP contribution in [0.3, 0.4) is 0 Å². The van der Waals surface area contributed by atoms with Crippen LogP contribution in [0.2, 0.25) is 0 Å². The van der Waals surface area contributed by atoms with E-state index in [0.29, 0.717) is 31.6 Å². The summed E-state index contributed by atoms with van der Waals surface area (Å²) in [7, 11) is 1.68. The first-order chi connectivity index (χ1) is 19.5. The van der Waals surface area contributed by atoms with E-state index in [1.54, 1.807) is 7.11 Å². The number of ether oxygens (including phenoxy) is 1. The van der Waals surface area contributed by atoms with Gasteiger partial charge in [-0.1, -0.05) is 60.2 Å². The Bertz CT molecular complexity index is 1270. The predicted octanol–water partition coefficient (Wildman–Crippen LogP) is 4.11. The lowest BCUT2D eigenvalue weighted by Crippen LogP contribution is -2.48. The molecule has 40 heavy (non-hydrogen) atoms. The Hall–Kier alpha value is -3.68. The lowest BCUT2D eigenvalue weighted by atomic mass is 10.1. The minimum atomic E-state index is -0.486. The Kier molecular flexibility index (Phi) is 9.14. The van der Waals surface area contributed by atoms with Gasteiger partial charge in [0.15, 0.2) is 0 Å². The van der Waals surface area contributed by atoms with Crippen molar-refractivity contribution < 1.29 is 14.3 Å². The highest BCUT2D eigenvalue weighted by Crippen LogP contribution is 2.29. The van der Waals surface area contributed by atoms with Crippen LogP contribution in [0.4, 0.5) is 0 Å². The van der Waals surface area contributed by atoms with Gasteiger partial charge in [-0.05, 0) is 61.7 Å². The molecule has 2 atom stereocenters. The van der Waals surface area contributed by atoms with E-state index >= 15 is 0 Å². The number of nitrogens with zero attached hydrogens (tertiary/aromatic N) is 3. The summed E-state index contributed by atoms with van der Waals surface area (Å²) >= 11 is 0. The topological polar surface area (TPSA) is 65.1 Å². The van der Waals surface area contributed by atoms with E-state index in [1.165, 1.54) is 5.56 Å². The number of nitrogens with one attached hydrogen (secondary N) is 1. The van der Waals surface area contributed by atoms with E-state index in [2.05, 4.69) is 46.6 Å². The minimum Gasteiger partial charge on any atom is -0.497 e. The zero-order valence-electron chi connectivity index (χ0n) is 23.6. The maximum Gasteiger partial charge on any atom is 0.254 e. The van der Waals surface area contributed by atoms with Crippen LogP contribution in [0.1, 0.15) is 39.9 Å². The Morgan fingerprint density at radius 3 is 2.45 bits per heavy atom. The second-order valence-corrected chi connectivity index (χ2v) is 10.9. The van der Waals surface area contributed by atoms with Crippen LogP contribution in [0, 0.1) is 6.92 Å². The molecule has 2 unspecified atom stereocenters. The molecule has 7 heteroatoms. The molecule has 0 spiro atoms. The molecule has 2 amide bonds. The van der Waals surface area contributed by atoms with Gasteiger partial charge in [-0.15, -0.1) is 0 Å². The third-order valence-corrected chi connectivity index (χ3v) is 8.04. The van der Waals surface area contributed by atoms with Gasteiger partial charge >= 0.3 is 0 Å². The molecule has 2 fully saturated rings. The summed E-state index contributed by atoms with van der Waals surface area (Å²) in [5.74, 6) is 0.810. The Balaban J connectivity index is 1.45. The van der Waals surface area contributed by atoms with Crippen LogP contribution in [0.15, 0.2) is 78.9 Å². The molecule has 3 aromatic rings. The van der Waals surface area contributed by atoms with Gasteiger partial charge in [0.05, 0.1) is 7.11 Å². The summed E-state index contributed by atoms with van der Waals surface area (Å²) < 4.78 is 5.49. The lowest BCUT2D eigenvalue weighted by Gasteiger charge is -2.29. The summed E-state index contributed by atoms with van der Waals surface area (Å²) in [4.78, 5) is 34.1. The number of rotatable bonds is 8. The number of carbonyl (C=O) groups excluding carboxylic acids is 2. The van der Waals surface area contributed by atoms with Gasteiger partial charge in [0.2, 0.25) is 5.91 Å². The Morgan fingerprint density at radius 2 is 1.68 bits per heavy atom. The van der Waals surface area contributed by atoms with Crippen molar-refractivity contribution >= 4 is 11.8 Å². The normalized spacial score (nSPS) is 19.5. The molecule has 0 aromatic heterocycles. The van der Waals surface area contributed by atoms with Gasteiger partial charge in [0, 0.05) is 50.9 Å². The monoisotopic (exact) mass is 540 g/mol.